The molecule has 3 N–H and O–H groups in total. The molecule has 30 heavy (non-hydrogen) atoms. The lowest BCUT2D eigenvalue weighted by molar-refractivity contribution is -0.133. The molecular weight excluding hydrogens is 374 g/mol. The number of nitrogens with zero attached hydrogens (tertiary/aromatic N) is 2. The Morgan fingerprint density at radius 2 is 1.73 bits per heavy atom. The van der Waals surface area contributed by atoms with E-state index in [-0.39, 0.29) is 31.0 Å². The molecule has 5 nitrogen and oxygen atoms in total. The van der Waals surface area contributed by atoms with E-state index in [1.54, 1.807) is 17.0 Å². The summed E-state index contributed by atoms with van der Waals surface area (Å²) in [5.41, 5.74) is 8.89. The van der Waals surface area contributed by atoms with E-state index in [0.717, 1.165) is 21.9 Å². The highest BCUT2D eigenvalue weighted by Gasteiger charge is 2.22. The number of carbonyl (C=O) groups excluding carboxylic acids is 1. The lowest BCUT2D eigenvalue weighted by Crippen LogP contribution is -2.48. The van der Waals surface area contributed by atoms with Gasteiger partial charge in [-0.1, -0.05) is 54.6 Å². The second-order valence-corrected chi connectivity index (χ2v) is 7.71. The van der Waals surface area contributed by atoms with Crippen molar-refractivity contribution >= 4 is 16.7 Å². The van der Waals surface area contributed by atoms with Gasteiger partial charge in [0, 0.05) is 12.6 Å². The zero-order valence-electron chi connectivity index (χ0n) is 17.2. The zero-order chi connectivity index (χ0) is 21.5. The van der Waals surface area contributed by atoms with Crippen LogP contribution in [0.5, 0.6) is 0 Å². The van der Waals surface area contributed by atoms with Crippen molar-refractivity contribution in [3.05, 3.63) is 83.4 Å². The van der Waals surface area contributed by atoms with Gasteiger partial charge in [-0.25, -0.2) is 0 Å². The summed E-state index contributed by atoms with van der Waals surface area (Å²) in [7, 11) is 0. The summed E-state index contributed by atoms with van der Waals surface area (Å²) < 4.78 is 0. The fraction of sp³-hybridized carbons (Fsp3) is 0.280. The van der Waals surface area contributed by atoms with Gasteiger partial charge in [0.2, 0.25) is 5.91 Å². The van der Waals surface area contributed by atoms with Gasteiger partial charge in [-0.15, -0.1) is 0 Å². The first-order chi connectivity index (χ1) is 14.5. The Kier molecular flexibility index (Phi) is 7.18. The lowest BCUT2D eigenvalue weighted by atomic mass is 10.0. The number of hydrogen-bond acceptors (Lipinski definition) is 4. The van der Waals surface area contributed by atoms with Crippen molar-refractivity contribution in [1.82, 2.24) is 4.90 Å². The monoisotopic (exact) mass is 401 g/mol. The molecule has 0 aliphatic heterocycles. The summed E-state index contributed by atoms with van der Waals surface area (Å²) in [6.45, 7) is 2.06. The van der Waals surface area contributed by atoms with Crippen LogP contribution in [-0.4, -0.2) is 41.1 Å². The van der Waals surface area contributed by atoms with E-state index in [1.165, 1.54) is 0 Å². The molecule has 0 unspecified atom stereocenters. The molecule has 2 atom stereocenters. The number of nitriles is 1. The molecule has 0 aliphatic carbocycles. The molecule has 0 saturated heterocycles. The lowest BCUT2D eigenvalue weighted by Gasteiger charge is -2.31. The van der Waals surface area contributed by atoms with Crippen LogP contribution in [0, 0.1) is 11.3 Å². The van der Waals surface area contributed by atoms with Gasteiger partial charge in [0.1, 0.15) is 0 Å². The molecule has 0 aromatic heterocycles. The molecule has 3 rings (SSSR count). The van der Waals surface area contributed by atoms with Gasteiger partial charge in [0.25, 0.3) is 0 Å². The number of amides is 1. The topological polar surface area (TPSA) is 90.3 Å². The van der Waals surface area contributed by atoms with Gasteiger partial charge >= 0.3 is 0 Å². The maximum Gasteiger partial charge on any atom is 0.227 e. The van der Waals surface area contributed by atoms with Crippen LogP contribution in [0.3, 0.4) is 0 Å². The molecule has 0 fully saturated rings. The van der Waals surface area contributed by atoms with E-state index in [0.29, 0.717) is 18.5 Å². The zero-order valence-corrected chi connectivity index (χ0v) is 17.2. The Balaban J connectivity index is 1.68. The van der Waals surface area contributed by atoms with Gasteiger partial charge in [-0.3, -0.25) is 4.79 Å². The average Bonchev–Trinajstić information content (AvgIpc) is 2.77. The van der Waals surface area contributed by atoms with Gasteiger partial charge in [0.15, 0.2) is 0 Å². The number of benzene rings is 3. The minimum atomic E-state index is -0.315. The van der Waals surface area contributed by atoms with Crippen LogP contribution in [0.15, 0.2) is 66.7 Å². The quantitative estimate of drug-likeness (QED) is 0.607. The number of rotatable bonds is 8. The van der Waals surface area contributed by atoms with E-state index in [1.807, 2.05) is 61.5 Å². The number of carbonyl (C=O) groups is 1. The number of hydrogen-bond donors (Lipinski definition) is 2. The van der Waals surface area contributed by atoms with E-state index >= 15 is 0 Å². The second-order valence-electron chi connectivity index (χ2n) is 7.71. The molecule has 5 heteroatoms. The molecule has 0 spiro atoms. The van der Waals surface area contributed by atoms with E-state index in [4.69, 9.17) is 11.0 Å². The Morgan fingerprint density at radius 3 is 2.40 bits per heavy atom. The Bertz CT molecular complexity index is 1040. The van der Waals surface area contributed by atoms with Crippen LogP contribution < -0.4 is 5.73 Å². The predicted octanol–water partition coefficient (Wildman–Crippen LogP) is 3.03. The fourth-order valence-electron chi connectivity index (χ4n) is 3.59. The van der Waals surface area contributed by atoms with Crippen molar-refractivity contribution in [3.8, 4) is 6.07 Å². The van der Waals surface area contributed by atoms with Crippen molar-refractivity contribution in [2.45, 2.75) is 31.8 Å². The first kappa shape index (κ1) is 21.5. The normalized spacial score (nSPS) is 12.9. The Morgan fingerprint density at radius 1 is 1.07 bits per heavy atom. The fourth-order valence-corrected chi connectivity index (χ4v) is 3.59. The van der Waals surface area contributed by atoms with Gasteiger partial charge in [-0.05, 0) is 47.4 Å². The molecule has 3 aromatic carbocycles. The van der Waals surface area contributed by atoms with Crippen molar-refractivity contribution in [1.29, 1.82) is 5.26 Å². The molecular formula is C25H27N3O2. The molecule has 0 radical (unpaired) electrons. The SMILES string of the molecule is C[C@H](CO)N(C[C@@H](N)Cc1ccc(C#N)cc1)C(=O)Cc1ccc2ccccc2c1. The van der Waals surface area contributed by atoms with Gasteiger partial charge in [-0.2, -0.15) is 5.26 Å². The summed E-state index contributed by atoms with van der Waals surface area (Å²) in [5.74, 6) is -0.0536. The summed E-state index contributed by atoms with van der Waals surface area (Å²) in [5, 5.41) is 20.8. The van der Waals surface area contributed by atoms with Gasteiger partial charge in [0.05, 0.1) is 30.7 Å². The van der Waals surface area contributed by atoms with Crippen molar-refractivity contribution in [2.24, 2.45) is 5.73 Å². The highest BCUT2D eigenvalue weighted by molar-refractivity contribution is 5.85. The predicted molar refractivity (Wildman–Crippen MR) is 119 cm³/mol. The van der Waals surface area contributed by atoms with Crippen molar-refractivity contribution < 1.29 is 9.90 Å². The van der Waals surface area contributed by atoms with E-state index < -0.39 is 0 Å². The van der Waals surface area contributed by atoms with E-state index in [9.17, 15) is 9.90 Å². The van der Waals surface area contributed by atoms with Crippen LogP contribution in [-0.2, 0) is 17.6 Å². The summed E-state index contributed by atoms with van der Waals surface area (Å²) >= 11 is 0. The first-order valence-electron chi connectivity index (χ1n) is 10.1. The highest BCUT2D eigenvalue weighted by atomic mass is 16.3. The third-order valence-corrected chi connectivity index (χ3v) is 5.30. The largest absolute Gasteiger partial charge is 0.394 e. The highest BCUT2D eigenvalue weighted by Crippen LogP contribution is 2.17. The third kappa shape index (κ3) is 5.44. The van der Waals surface area contributed by atoms with Gasteiger partial charge < -0.3 is 15.7 Å². The minimum absolute atomic E-state index is 0.0536. The number of aliphatic hydroxyl groups excluding tert-OH is 1. The van der Waals surface area contributed by atoms with Crippen molar-refractivity contribution in [3.63, 3.8) is 0 Å². The van der Waals surface area contributed by atoms with Crippen LogP contribution >= 0.6 is 0 Å². The maximum atomic E-state index is 13.0. The molecule has 0 aliphatic rings. The second kappa shape index (κ2) is 10.0. The molecule has 0 saturated carbocycles. The molecule has 3 aromatic rings. The number of fused-ring (bicyclic) bond motifs is 1. The van der Waals surface area contributed by atoms with Crippen molar-refractivity contribution in [2.75, 3.05) is 13.2 Å². The van der Waals surface area contributed by atoms with Crippen LogP contribution in [0.4, 0.5) is 0 Å². The summed E-state index contributed by atoms with van der Waals surface area (Å²) in [4.78, 5) is 14.7. The standard InChI is InChI=1S/C25H27N3O2/c1-18(17-29)28(16-24(27)13-19-6-8-20(15-26)9-7-19)25(30)14-21-10-11-22-4-2-3-5-23(22)12-21/h2-12,18,24,29H,13-14,16-17,27H2,1H3/t18-,24+/m1/s1. The van der Waals surface area contributed by atoms with Crippen LogP contribution in [0.25, 0.3) is 10.8 Å². The van der Waals surface area contributed by atoms with Crippen LogP contribution in [0.2, 0.25) is 0 Å². The Labute approximate surface area is 177 Å². The summed E-state index contributed by atoms with van der Waals surface area (Å²) in [6.07, 6.45) is 0.850. The number of nitrogens with two attached hydrogens (primary N) is 1. The van der Waals surface area contributed by atoms with Crippen LogP contribution in [0.1, 0.15) is 23.6 Å². The van der Waals surface area contributed by atoms with E-state index in [2.05, 4.69) is 6.07 Å². The average molecular weight is 402 g/mol. The molecule has 1 amide bonds. The molecule has 154 valence electrons. The molecule has 0 bridgehead atoms. The Hall–Kier alpha value is -3.20. The number of aliphatic hydroxyl groups is 1. The molecule has 0 heterocycles. The minimum Gasteiger partial charge on any atom is -0.394 e. The third-order valence-electron chi connectivity index (χ3n) is 5.30. The first-order valence-corrected chi connectivity index (χ1v) is 10.1. The summed E-state index contributed by atoms with van der Waals surface area (Å²) in [6, 6.07) is 22.9. The maximum absolute atomic E-state index is 13.0. The smallest absolute Gasteiger partial charge is 0.227 e.